The number of amides is 3. The molecule has 2 atom stereocenters. The van der Waals surface area contributed by atoms with Crippen molar-refractivity contribution in [1.82, 2.24) is 9.80 Å². The molecule has 208 valence electrons. The highest BCUT2D eigenvalue weighted by molar-refractivity contribution is 7.10. The van der Waals surface area contributed by atoms with E-state index in [4.69, 9.17) is 11.6 Å². The summed E-state index contributed by atoms with van der Waals surface area (Å²) in [4.78, 5) is 46.9. The van der Waals surface area contributed by atoms with Gasteiger partial charge in [-0.05, 0) is 73.9 Å². The zero-order valence-corrected chi connectivity index (χ0v) is 24.0. The van der Waals surface area contributed by atoms with E-state index in [1.165, 1.54) is 16.2 Å². The molecular weight excluding hydrogens is 546 g/mol. The molecule has 3 aliphatic heterocycles. The van der Waals surface area contributed by atoms with E-state index in [0.29, 0.717) is 48.6 Å². The van der Waals surface area contributed by atoms with Gasteiger partial charge in [0.1, 0.15) is 0 Å². The Hall–Kier alpha value is -3.20. The van der Waals surface area contributed by atoms with Crippen molar-refractivity contribution in [2.24, 2.45) is 5.92 Å². The van der Waals surface area contributed by atoms with Crippen LogP contribution in [-0.4, -0.2) is 58.8 Å². The highest BCUT2D eigenvalue weighted by Crippen LogP contribution is 2.39. The minimum absolute atomic E-state index is 0.0887. The van der Waals surface area contributed by atoms with Gasteiger partial charge in [-0.15, -0.1) is 11.3 Å². The Morgan fingerprint density at radius 3 is 2.48 bits per heavy atom. The van der Waals surface area contributed by atoms with Crippen LogP contribution < -0.4 is 4.90 Å². The molecule has 1 aromatic heterocycles. The number of hydrogen-bond donors (Lipinski definition) is 1. The van der Waals surface area contributed by atoms with Crippen LogP contribution in [-0.2, 0) is 10.4 Å². The van der Waals surface area contributed by atoms with Crippen LogP contribution in [0.25, 0.3) is 0 Å². The van der Waals surface area contributed by atoms with Crippen molar-refractivity contribution in [1.29, 1.82) is 0 Å². The fourth-order valence-corrected chi connectivity index (χ4v) is 7.26. The molecule has 2 aromatic carbocycles. The van der Waals surface area contributed by atoms with E-state index >= 15 is 0 Å². The van der Waals surface area contributed by atoms with E-state index in [0.717, 1.165) is 35.5 Å². The third-order valence-corrected chi connectivity index (χ3v) is 9.96. The molecular formula is C31H32ClN3O4S. The van der Waals surface area contributed by atoms with E-state index in [1.54, 1.807) is 18.2 Å². The molecule has 3 amide bonds. The lowest BCUT2D eigenvalue weighted by Crippen LogP contribution is -2.50. The Morgan fingerprint density at radius 2 is 1.77 bits per heavy atom. The van der Waals surface area contributed by atoms with Crippen molar-refractivity contribution in [3.63, 3.8) is 0 Å². The highest BCUT2D eigenvalue weighted by atomic mass is 35.5. The predicted molar refractivity (Wildman–Crippen MR) is 156 cm³/mol. The number of thiophene rings is 1. The van der Waals surface area contributed by atoms with Crippen LogP contribution in [0, 0.1) is 5.92 Å². The smallest absolute Gasteiger partial charge is 0.264 e. The standard InChI is InChI=1S/C31H32ClN3O4S/c1-20(26-8-4-18-40-26)35-29(37)24-6-2-7-25(27(24)30(35)38)34-15-3-5-21(19-34)28(36)33-16-13-31(39,14-17-33)22-9-11-23(32)12-10-22/h2,4,6-12,18,20-21,39H,3,5,13-17,19H2,1H3/t20-,21-/m1/s1. The average Bonchev–Trinajstić information content (AvgIpc) is 3.60. The molecule has 3 aromatic rings. The van der Waals surface area contributed by atoms with E-state index < -0.39 is 5.60 Å². The van der Waals surface area contributed by atoms with Crippen molar-refractivity contribution in [2.75, 3.05) is 31.1 Å². The third-order valence-electron chi connectivity index (χ3n) is 8.66. The fourth-order valence-electron chi connectivity index (χ4n) is 6.36. The van der Waals surface area contributed by atoms with Crippen LogP contribution in [0.4, 0.5) is 5.69 Å². The van der Waals surface area contributed by atoms with Gasteiger partial charge in [0.25, 0.3) is 11.8 Å². The van der Waals surface area contributed by atoms with E-state index in [9.17, 15) is 19.5 Å². The van der Waals surface area contributed by atoms with Crippen molar-refractivity contribution in [2.45, 2.75) is 44.2 Å². The second-order valence-electron chi connectivity index (χ2n) is 11.0. The molecule has 0 unspecified atom stereocenters. The molecule has 0 bridgehead atoms. The van der Waals surface area contributed by atoms with Gasteiger partial charge in [0.2, 0.25) is 5.91 Å². The Morgan fingerprint density at radius 1 is 1.02 bits per heavy atom. The number of halogens is 1. The van der Waals surface area contributed by atoms with Gasteiger partial charge >= 0.3 is 0 Å². The Kier molecular flexibility index (Phi) is 7.19. The van der Waals surface area contributed by atoms with Crippen LogP contribution in [0.15, 0.2) is 60.0 Å². The summed E-state index contributed by atoms with van der Waals surface area (Å²) in [5, 5.41) is 13.8. The van der Waals surface area contributed by atoms with Crippen molar-refractivity contribution < 1.29 is 19.5 Å². The topological polar surface area (TPSA) is 81.2 Å². The molecule has 2 saturated heterocycles. The van der Waals surface area contributed by atoms with Crippen LogP contribution in [0.2, 0.25) is 5.02 Å². The number of fused-ring (bicyclic) bond motifs is 1. The molecule has 0 radical (unpaired) electrons. The SMILES string of the molecule is C[C@H](c1cccs1)N1C(=O)c2cccc(N3CCC[C@@H](C(=O)N4CCC(O)(c5ccc(Cl)cc5)CC4)C3)c2C1=O. The first-order valence-electron chi connectivity index (χ1n) is 13.8. The van der Waals surface area contributed by atoms with Crippen LogP contribution >= 0.6 is 22.9 Å². The Balaban J connectivity index is 1.16. The molecule has 0 saturated carbocycles. The summed E-state index contributed by atoms with van der Waals surface area (Å²) in [6.45, 7) is 4.07. The van der Waals surface area contributed by atoms with Crippen LogP contribution in [0.3, 0.4) is 0 Å². The maximum atomic E-state index is 13.6. The number of anilines is 1. The summed E-state index contributed by atoms with van der Waals surface area (Å²) in [5.41, 5.74) is 1.45. The summed E-state index contributed by atoms with van der Waals surface area (Å²) in [7, 11) is 0. The summed E-state index contributed by atoms with van der Waals surface area (Å²) < 4.78 is 0. The number of carbonyl (C=O) groups is 3. The summed E-state index contributed by atoms with van der Waals surface area (Å²) >= 11 is 7.54. The Labute approximate surface area is 243 Å². The number of rotatable bonds is 5. The van der Waals surface area contributed by atoms with Crippen molar-refractivity contribution in [3.05, 3.63) is 86.6 Å². The van der Waals surface area contributed by atoms with Crippen LogP contribution in [0.5, 0.6) is 0 Å². The molecule has 2 fully saturated rings. The molecule has 3 aliphatic rings. The first kappa shape index (κ1) is 27.0. The average molecular weight is 578 g/mol. The number of imide groups is 1. The summed E-state index contributed by atoms with van der Waals surface area (Å²) in [6.07, 6.45) is 2.53. The van der Waals surface area contributed by atoms with Gasteiger partial charge < -0.3 is 14.9 Å². The monoisotopic (exact) mass is 577 g/mol. The first-order valence-corrected chi connectivity index (χ1v) is 15.1. The molecule has 4 heterocycles. The lowest BCUT2D eigenvalue weighted by molar-refractivity contribution is -0.140. The maximum absolute atomic E-state index is 13.6. The number of nitrogens with zero attached hydrogens (tertiary/aromatic N) is 3. The van der Waals surface area contributed by atoms with E-state index in [2.05, 4.69) is 4.90 Å². The first-order chi connectivity index (χ1) is 19.3. The second kappa shape index (κ2) is 10.7. The van der Waals surface area contributed by atoms with Gasteiger partial charge in [-0.2, -0.15) is 0 Å². The lowest BCUT2D eigenvalue weighted by Gasteiger charge is -2.41. The third kappa shape index (κ3) is 4.72. The summed E-state index contributed by atoms with van der Waals surface area (Å²) in [6, 6.07) is 16.2. The quantitative estimate of drug-likeness (QED) is 0.406. The van der Waals surface area contributed by atoms with Gasteiger partial charge in [-0.1, -0.05) is 35.9 Å². The van der Waals surface area contributed by atoms with Gasteiger partial charge in [0.05, 0.1) is 34.4 Å². The molecule has 7 nitrogen and oxygen atoms in total. The van der Waals surface area contributed by atoms with Gasteiger partial charge in [0, 0.05) is 36.1 Å². The number of carbonyl (C=O) groups excluding carboxylic acids is 3. The number of piperidine rings is 2. The number of hydrogen-bond acceptors (Lipinski definition) is 6. The molecule has 6 rings (SSSR count). The zero-order chi connectivity index (χ0) is 28.0. The molecule has 9 heteroatoms. The Bertz CT molecular complexity index is 1430. The zero-order valence-electron chi connectivity index (χ0n) is 22.4. The van der Waals surface area contributed by atoms with E-state index in [1.807, 2.05) is 53.6 Å². The number of likely N-dealkylation sites (tertiary alicyclic amines) is 1. The van der Waals surface area contributed by atoms with E-state index in [-0.39, 0.29) is 29.7 Å². The van der Waals surface area contributed by atoms with Gasteiger partial charge in [-0.3, -0.25) is 19.3 Å². The lowest BCUT2D eigenvalue weighted by atomic mass is 9.84. The van der Waals surface area contributed by atoms with Crippen LogP contribution in [0.1, 0.15) is 69.8 Å². The minimum Gasteiger partial charge on any atom is -0.385 e. The number of aliphatic hydroxyl groups is 1. The van der Waals surface area contributed by atoms with Gasteiger partial charge in [-0.25, -0.2) is 0 Å². The maximum Gasteiger partial charge on any atom is 0.264 e. The minimum atomic E-state index is -0.969. The van der Waals surface area contributed by atoms with Crippen molar-refractivity contribution >= 4 is 46.3 Å². The summed E-state index contributed by atoms with van der Waals surface area (Å²) in [5.74, 6) is -0.665. The predicted octanol–water partition coefficient (Wildman–Crippen LogP) is 5.49. The van der Waals surface area contributed by atoms with Gasteiger partial charge in [0.15, 0.2) is 0 Å². The highest BCUT2D eigenvalue weighted by Gasteiger charge is 2.43. The second-order valence-corrected chi connectivity index (χ2v) is 12.4. The molecule has 1 N–H and O–H groups in total. The largest absolute Gasteiger partial charge is 0.385 e. The number of benzene rings is 2. The van der Waals surface area contributed by atoms with Crippen molar-refractivity contribution in [3.8, 4) is 0 Å². The fraction of sp³-hybridized carbons (Fsp3) is 0.387. The molecule has 0 spiro atoms. The molecule has 40 heavy (non-hydrogen) atoms. The molecule has 0 aliphatic carbocycles. The normalized spacial score (nSPS) is 21.5.